The topological polar surface area (TPSA) is 76.8 Å². The second-order valence-corrected chi connectivity index (χ2v) is 5.79. The third-order valence-corrected chi connectivity index (χ3v) is 4.04. The Hall–Kier alpha value is -2.73. The Morgan fingerprint density at radius 2 is 2.04 bits per heavy atom. The number of rotatable bonds is 5. The molecule has 0 atom stereocenters. The molecule has 3 rings (SSSR count). The zero-order valence-electron chi connectivity index (χ0n) is 14.3. The van der Waals surface area contributed by atoms with E-state index in [4.69, 9.17) is 15.2 Å². The number of anilines is 3. The molecular weight excluding hydrogens is 318 g/mol. The van der Waals surface area contributed by atoms with Gasteiger partial charge in [0.2, 0.25) is 0 Å². The molecule has 2 aromatic carbocycles. The summed E-state index contributed by atoms with van der Waals surface area (Å²) >= 11 is 0. The fraction of sp³-hybridized carbons (Fsp3) is 0.316. The standard InChI is InChI=1S/C19H23N3O3/c1-2-25-16-5-3-4-14(12-16)19(23)21-15-6-7-18(17(20)13-15)22-8-10-24-11-9-22/h3-7,12-13H,2,8-11,20H2,1H3,(H,21,23). The molecule has 2 aromatic rings. The Labute approximate surface area is 147 Å². The van der Waals surface area contributed by atoms with Crippen LogP contribution in [0.1, 0.15) is 17.3 Å². The van der Waals surface area contributed by atoms with Gasteiger partial charge in [0.25, 0.3) is 5.91 Å². The lowest BCUT2D eigenvalue weighted by molar-refractivity contribution is 0.102. The number of hydrogen-bond donors (Lipinski definition) is 2. The van der Waals surface area contributed by atoms with Gasteiger partial charge in [-0.3, -0.25) is 4.79 Å². The highest BCUT2D eigenvalue weighted by Gasteiger charge is 2.15. The number of nitrogen functional groups attached to an aromatic ring is 1. The van der Waals surface area contributed by atoms with Crippen molar-refractivity contribution in [3.63, 3.8) is 0 Å². The quantitative estimate of drug-likeness (QED) is 0.818. The van der Waals surface area contributed by atoms with E-state index < -0.39 is 0 Å². The van der Waals surface area contributed by atoms with Crippen molar-refractivity contribution in [3.8, 4) is 5.75 Å². The molecule has 6 nitrogen and oxygen atoms in total. The molecule has 0 aromatic heterocycles. The molecular formula is C19H23N3O3. The van der Waals surface area contributed by atoms with E-state index in [9.17, 15) is 4.79 Å². The van der Waals surface area contributed by atoms with E-state index in [2.05, 4.69) is 10.2 Å². The van der Waals surface area contributed by atoms with Crippen molar-refractivity contribution in [1.82, 2.24) is 0 Å². The van der Waals surface area contributed by atoms with E-state index in [1.54, 1.807) is 24.3 Å². The van der Waals surface area contributed by atoms with Gasteiger partial charge in [0.1, 0.15) is 5.75 Å². The second kappa shape index (κ2) is 7.90. The van der Waals surface area contributed by atoms with Gasteiger partial charge in [-0.15, -0.1) is 0 Å². The van der Waals surface area contributed by atoms with E-state index in [1.165, 1.54) is 0 Å². The first-order chi connectivity index (χ1) is 12.2. The SMILES string of the molecule is CCOc1cccc(C(=O)Nc2ccc(N3CCOCC3)c(N)c2)c1. The van der Waals surface area contributed by atoms with Crippen LogP contribution in [0.5, 0.6) is 5.75 Å². The Morgan fingerprint density at radius 1 is 1.24 bits per heavy atom. The third kappa shape index (κ3) is 4.22. The summed E-state index contributed by atoms with van der Waals surface area (Å²) < 4.78 is 10.8. The summed E-state index contributed by atoms with van der Waals surface area (Å²) in [6.45, 7) is 5.51. The summed E-state index contributed by atoms with van der Waals surface area (Å²) in [5, 5.41) is 2.88. The molecule has 6 heteroatoms. The van der Waals surface area contributed by atoms with Gasteiger partial charge in [-0.05, 0) is 43.3 Å². The number of benzene rings is 2. The van der Waals surface area contributed by atoms with Crippen molar-refractivity contribution in [3.05, 3.63) is 48.0 Å². The van der Waals surface area contributed by atoms with Crippen LogP contribution in [-0.4, -0.2) is 38.8 Å². The molecule has 132 valence electrons. The number of morpholine rings is 1. The van der Waals surface area contributed by atoms with Crippen molar-refractivity contribution < 1.29 is 14.3 Å². The molecule has 1 amide bonds. The minimum Gasteiger partial charge on any atom is -0.494 e. The number of hydrogen-bond acceptors (Lipinski definition) is 5. The highest BCUT2D eigenvalue weighted by atomic mass is 16.5. The van der Waals surface area contributed by atoms with Crippen molar-refractivity contribution in [1.29, 1.82) is 0 Å². The molecule has 3 N–H and O–H groups in total. The molecule has 0 bridgehead atoms. The van der Waals surface area contributed by atoms with Crippen molar-refractivity contribution in [2.75, 3.05) is 48.9 Å². The lowest BCUT2D eigenvalue weighted by Crippen LogP contribution is -2.36. The first kappa shape index (κ1) is 17.1. The van der Waals surface area contributed by atoms with Crippen molar-refractivity contribution in [2.24, 2.45) is 0 Å². The van der Waals surface area contributed by atoms with Gasteiger partial charge in [-0.1, -0.05) is 6.07 Å². The van der Waals surface area contributed by atoms with Crippen LogP contribution >= 0.6 is 0 Å². The van der Waals surface area contributed by atoms with Crippen molar-refractivity contribution in [2.45, 2.75) is 6.92 Å². The molecule has 1 aliphatic rings. The smallest absolute Gasteiger partial charge is 0.255 e. The Morgan fingerprint density at radius 3 is 2.76 bits per heavy atom. The summed E-state index contributed by atoms with van der Waals surface area (Å²) in [5.41, 5.74) is 9.00. The van der Waals surface area contributed by atoms with Crippen LogP contribution in [-0.2, 0) is 4.74 Å². The van der Waals surface area contributed by atoms with Gasteiger partial charge in [-0.25, -0.2) is 0 Å². The van der Waals surface area contributed by atoms with Crippen LogP contribution in [0.4, 0.5) is 17.1 Å². The van der Waals surface area contributed by atoms with Crippen LogP contribution in [0.25, 0.3) is 0 Å². The van der Waals surface area contributed by atoms with Crippen molar-refractivity contribution >= 4 is 23.0 Å². The minimum absolute atomic E-state index is 0.194. The van der Waals surface area contributed by atoms with Gasteiger partial charge < -0.3 is 25.4 Å². The molecule has 1 aliphatic heterocycles. The lowest BCUT2D eigenvalue weighted by Gasteiger charge is -2.30. The Balaban J connectivity index is 1.71. The van der Waals surface area contributed by atoms with Gasteiger partial charge >= 0.3 is 0 Å². The number of carbonyl (C=O) groups excluding carboxylic acids is 1. The van der Waals surface area contributed by atoms with Gasteiger partial charge in [0, 0.05) is 24.3 Å². The number of nitrogens with one attached hydrogen (secondary N) is 1. The molecule has 0 radical (unpaired) electrons. The summed E-state index contributed by atoms with van der Waals surface area (Å²) in [7, 11) is 0. The van der Waals surface area contributed by atoms with Crippen LogP contribution in [0.15, 0.2) is 42.5 Å². The molecule has 25 heavy (non-hydrogen) atoms. The molecule has 0 unspecified atom stereocenters. The average molecular weight is 341 g/mol. The lowest BCUT2D eigenvalue weighted by atomic mass is 10.1. The fourth-order valence-corrected chi connectivity index (χ4v) is 2.82. The first-order valence-corrected chi connectivity index (χ1v) is 8.44. The van der Waals surface area contributed by atoms with Crippen LogP contribution < -0.4 is 20.7 Å². The van der Waals surface area contributed by atoms with Gasteiger partial charge in [0.15, 0.2) is 0 Å². The zero-order valence-corrected chi connectivity index (χ0v) is 14.3. The second-order valence-electron chi connectivity index (χ2n) is 5.79. The Bertz CT molecular complexity index is 742. The van der Waals surface area contributed by atoms with E-state index >= 15 is 0 Å². The monoisotopic (exact) mass is 341 g/mol. The molecule has 1 heterocycles. The molecule has 0 spiro atoms. The summed E-state index contributed by atoms with van der Waals surface area (Å²) in [4.78, 5) is 14.6. The largest absolute Gasteiger partial charge is 0.494 e. The van der Waals surface area contributed by atoms with E-state index in [0.717, 1.165) is 18.8 Å². The van der Waals surface area contributed by atoms with E-state index in [1.807, 2.05) is 25.1 Å². The minimum atomic E-state index is -0.194. The number of nitrogens with zero attached hydrogens (tertiary/aromatic N) is 1. The highest BCUT2D eigenvalue weighted by Crippen LogP contribution is 2.27. The molecule has 1 saturated heterocycles. The fourth-order valence-electron chi connectivity index (χ4n) is 2.82. The van der Waals surface area contributed by atoms with E-state index in [0.29, 0.717) is 42.5 Å². The number of ether oxygens (including phenoxy) is 2. The van der Waals surface area contributed by atoms with Gasteiger partial charge in [0.05, 0.1) is 31.2 Å². The van der Waals surface area contributed by atoms with Gasteiger partial charge in [-0.2, -0.15) is 0 Å². The predicted molar refractivity (Wildman–Crippen MR) is 99.5 cm³/mol. The molecule has 1 fully saturated rings. The number of carbonyl (C=O) groups is 1. The first-order valence-electron chi connectivity index (χ1n) is 8.44. The van der Waals surface area contributed by atoms with Crippen LogP contribution in [0.3, 0.4) is 0 Å². The maximum Gasteiger partial charge on any atom is 0.255 e. The summed E-state index contributed by atoms with van der Waals surface area (Å²) in [6, 6.07) is 12.7. The summed E-state index contributed by atoms with van der Waals surface area (Å²) in [5.74, 6) is 0.484. The third-order valence-electron chi connectivity index (χ3n) is 4.04. The Kier molecular flexibility index (Phi) is 5.40. The van der Waals surface area contributed by atoms with E-state index in [-0.39, 0.29) is 5.91 Å². The predicted octanol–water partition coefficient (Wildman–Crippen LogP) is 2.76. The maximum absolute atomic E-state index is 12.4. The summed E-state index contributed by atoms with van der Waals surface area (Å²) in [6.07, 6.45) is 0. The maximum atomic E-state index is 12.4. The average Bonchev–Trinajstić information content (AvgIpc) is 2.63. The number of nitrogens with two attached hydrogens (primary N) is 1. The number of amides is 1. The normalized spacial score (nSPS) is 14.2. The zero-order chi connectivity index (χ0) is 17.6. The highest BCUT2D eigenvalue weighted by molar-refractivity contribution is 6.04. The van der Waals surface area contributed by atoms with Crippen LogP contribution in [0, 0.1) is 0 Å². The van der Waals surface area contributed by atoms with Crippen LogP contribution in [0.2, 0.25) is 0 Å². The molecule has 0 saturated carbocycles. The molecule has 0 aliphatic carbocycles.